The second kappa shape index (κ2) is 7.30. The zero-order chi connectivity index (χ0) is 17.1. The average molecular weight is 334 g/mol. The number of hydrogen-bond acceptors (Lipinski definition) is 1. The van der Waals surface area contributed by atoms with E-state index in [9.17, 15) is 4.79 Å². The van der Waals surface area contributed by atoms with Gasteiger partial charge in [0.25, 0.3) is 0 Å². The summed E-state index contributed by atoms with van der Waals surface area (Å²) in [6, 6.07) is 17.1. The van der Waals surface area contributed by atoms with Gasteiger partial charge >= 0.3 is 6.03 Å². The van der Waals surface area contributed by atoms with Crippen LogP contribution in [-0.2, 0) is 19.4 Å². The van der Waals surface area contributed by atoms with Gasteiger partial charge in [-0.05, 0) is 59.8 Å². The van der Waals surface area contributed by atoms with Gasteiger partial charge in [-0.15, -0.1) is 0 Å². The van der Waals surface area contributed by atoms with Crippen LogP contribution in [0.2, 0.25) is 0 Å². The zero-order valence-corrected chi connectivity index (χ0v) is 14.6. The van der Waals surface area contributed by atoms with Crippen LogP contribution in [0.25, 0.3) is 0 Å². The quantitative estimate of drug-likeness (QED) is 0.846. The molecule has 1 saturated carbocycles. The Bertz CT molecular complexity index is 726. The Balaban J connectivity index is 1.25. The van der Waals surface area contributed by atoms with E-state index in [1.54, 1.807) is 0 Å². The zero-order valence-electron chi connectivity index (χ0n) is 14.6. The van der Waals surface area contributed by atoms with Crippen molar-refractivity contribution >= 4 is 6.03 Å². The van der Waals surface area contributed by atoms with Gasteiger partial charge in [0.1, 0.15) is 0 Å². The summed E-state index contributed by atoms with van der Waals surface area (Å²) in [6.07, 6.45) is 6.04. The molecule has 2 aromatic rings. The fourth-order valence-electron chi connectivity index (χ4n) is 4.08. The van der Waals surface area contributed by atoms with Gasteiger partial charge in [0.2, 0.25) is 0 Å². The van der Waals surface area contributed by atoms with Gasteiger partial charge in [0.15, 0.2) is 0 Å². The third kappa shape index (κ3) is 3.71. The summed E-state index contributed by atoms with van der Waals surface area (Å²) in [5, 5.41) is 6.09. The molecule has 2 amide bonds. The lowest BCUT2D eigenvalue weighted by molar-refractivity contribution is 0.238. The lowest BCUT2D eigenvalue weighted by Gasteiger charge is -2.28. The molecule has 2 aliphatic rings. The van der Waals surface area contributed by atoms with Crippen molar-refractivity contribution in [3.8, 4) is 0 Å². The van der Waals surface area contributed by atoms with Crippen LogP contribution >= 0.6 is 0 Å². The number of fused-ring (bicyclic) bond motifs is 1. The van der Waals surface area contributed by atoms with Crippen molar-refractivity contribution in [2.24, 2.45) is 5.92 Å². The summed E-state index contributed by atoms with van der Waals surface area (Å²) in [5.74, 6) is 1.21. The molecule has 2 N–H and O–H groups in total. The van der Waals surface area contributed by atoms with Crippen LogP contribution in [0.5, 0.6) is 0 Å². The minimum atomic E-state index is -0.0561. The summed E-state index contributed by atoms with van der Waals surface area (Å²) >= 11 is 0. The number of benzene rings is 2. The van der Waals surface area contributed by atoms with Crippen LogP contribution in [0, 0.1) is 5.92 Å². The predicted molar refractivity (Wildman–Crippen MR) is 101 cm³/mol. The van der Waals surface area contributed by atoms with Gasteiger partial charge in [-0.3, -0.25) is 0 Å². The standard InChI is InChI=1S/C22H26N2O/c25-22(23-14-16-12-18-6-1-2-7-19(18)13-16)24-15-20-8-3-4-11-21(20)17-9-5-10-17/h1-4,6-8,11,16-17H,5,9-10,12-15H2,(H2,23,24,25). The van der Waals surface area contributed by atoms with E-state index in [0.717, 1.165) is 19.4 Å². The average Bonchev–Trinajstić information content (AvgIpc) is 3.01. The van der Waals surface area contributed by atoms with Crippen molar-refractivity contribution in [1.82, 2.24) is 10.6 Å². The maximum absolute atomic E-state index is 12.2. The largest absolute Gasteiger partial charge is 0.338 e. The molecule has 2 aliphatic carbocycles. The molecule has 0 aromatic heterocycles. The number of carbonyl (C=O) groups excluding carboxylic acids is 1. The van der Waals surface area contributed by atoms with Gasteiger partial charge in [-0.25, -0.2) is 4.79 Å². The van der Waals surface area contributed by atoms with Crippen molar-refractivity contribution < 1.29 is 4.79 Å². The van der Waals surface area contributed by atoms with Crippen molar-refractivity contribution in [2.75, 3.05) is 6.54 Å². The fourth-order valence-corrected chi connectivity index (χ4v) is 4.08. The number of amides is 2. The normalized spacial score (nSPS) is 17.0. The smallest absolute Gasteiger partial charge is 0.315 e. The lowest BCUT2D eigenvalue weighted by atomic mass is 9.78. The van der Waals surface area contributed by atoms with Gasteiger partial charge in [0.05, 0.1) is 0 Å². The Labute approximate surface area is 149 Å². The molecule has 130 valence electrons. The van der Waals surface area contributed by atoms with Crippen molar-refractivity contribution in [2.45, 2.75) is 44.6 Å². The Morgan fingerprint density at radius 3 is 2.28 bits per heavy atom. The number of carbonyl (C=O) groups is 1. The molecule has 0 radical (unpaired) electrons. The summed E-state index contributed by atoms with van der Waals surface area (Å²) in [6.45, 7) is 1.36. The van der Waals surface area contributed by atoms with Crippen LogP contribution in [0.4, 0.5) is 4.79 Å². The molecule has 0 aliphatic heterocycles. The van der Waals surface area contributed by atoms with Crippen molar-refractivity contribution in [1.29, 1.82) is 0 Å². The SMILES string of the molecule is O=C(NCc1ccccc1C1CCC1)NCC1Cc2ccccc2C1. The van der Waals surface area contributed by atoms with E-state index >= 15 is 0 Å². The number of hydrogen-bond donors (Lipinski definition) is 2. The van der Waals surface area contributed by atoms with Crippen LogP contribution in [-0.4, -0.2) is 12.6 Å². The third-order valence-corrected chi connectivity index (χ3v) is 5.73. The van der Waals surface area contributed by atoms with Crippen LogP contribution < -0.4 is 10.6 Å². The second-order valence-electron chi connectivity index (χ2n) is 7.43. The van der Waals surface area contributed by atoms with Crippen LogP contribution in [0.15, 0.2) is 48.5 Å². The van der Waals surface area contributed by atoms with Gasteiger partial charge in [-0.2, -0.15) is 0 Å². The summed E-state index contributed by atoms with van der Waals surface area (Å²) in [4.78, 5) is 12.2. The Hall–Kier alpha value is -2.29. The Morgan fingerprint density at radius 2 is 1.60 bits per heavy atom. The molecular formula is C22H26N2O. The molecule has 0 heterocycles. The molecule has 1 fully saturated rings. The van der Waals surface area contributed by atoms with E-state index in [4.69, 9.17) is 0 Å². The molecule has 0 unspecified atom stereocenters. The molecule has 0 bridgehead atoms. The molecule has 0 atom stereocenters. The van der Waals surface area contributed by atoms with Crippen LogP contribution in [0.3, 0.4) is 0 Å². The molecule has 4 rings (SSSR count). The highest BCUT2D eigenvalue weighted by Gasteiger charge is 2.23. The molecular weight excluding hydrogens is 308 g/mol. The van der Waals surface area contributed by atoms with E-state index in [1.807, 2.05) is 0 Å². The second-order valence-corrected chi connectivity index (χ2v) is 7.43. The van der Waals surface area contributed by atoms with Gasteiger partial charge in [0, 0.05) is 13.1 Å². The molecule has 0 spiro atoms. The summed E-state index contributed by atoms with van der Waals surface area (Å²) in [5.41, 5.74) is 5.55. The van der Waals surface area contributed by atoms with E-state index in [2.05, 4.69) is 59.2 Å². The first-order valence-corrected chi connectivity index (χ1v) is 9.46. The first-order valence-electron chi connectivity index (χ1n) is 9.46. The lowest BCUT2D eigenvalue weighted by Crippen LogP contribution is -2.38. The van der Waals surface area contributed by atoms with Crippen LogP contribution in [0.1, 0.15) is 47.4 Å². The van der Waals surface area contributed by atoms with Crippen molar-refractivity contribution in [3.05, 3.63) is 70.8 Å². The minimum Gasteiger partial charge on any atom is -0.338 e. The first kappa shape index (κ1) is 16.2. The van der Waals surface area contributed by atoms with Gasteiger partial charge in [-0.1, -0.05) is 55.0 Å². The maximum Gasteiger partial charge on any atom is 0.315 e. The highest BCUT2D eigenvalue weighted by Crippen LogP contribution is 2.37. The maximum atomic E-state index is 12.2. The summed E-state index contributed by atoms with van der Waals surface area (Å²) in [7, 11) is 0. The fraction of sp³-hybridized carbons (Fsp3) is 0.409. The highest BCUT2D eigenvalue weighted by atomic mass is 16.2. The first-order chi connectivity index (χ1) is 12.3. The molecule has 25 heavy (non-hydrogen) atoms. The van der Waals surface area contributed by atoms with E-state index in [-0.39, 0.29) is 6.03 Å². The van der Waals surface area contributed by atoms with Crippen molar-refractivity contribution in [3.63, 3.8) is 0 Å². The van der Waals surface area contributed by atoms with E-state index < -0.39 is 0 Å². The Kier molecular flexibility index (Phi) is 4.73. The van der Waals surface area contributed by atoms with E-state index in [1.165, 1.54) is 41.5 Å². The molecule has 3 heteroatoms. The number of nitrogens with one attached hydrogen (secondary N) is 2. The Morgan fingerprint density at radius 1 is 0.920 bits per heavy atom. The number of rotatable bonds is 5. The third-order valence-electron chi connectivity index (χ3n) is 5.73. The molecule has 3 nitrogen and oxygen atoms in total. The molecule has 2 aromatic carbocycles. The van der Waals surface area contributed by atoms with Gasteiger partial charge < -0.3 is 10.6 Å². The topological polar surface area (TPSA) is 41.1 Å². The monoisotopic (exact) mass is 334 g/mol. The minimum absolute atomic E-state index is 0.0561. The predicted octanol–water partition coefficient (Wildman–Crippen LogP) is 4.17. The summed E-state index contributed by atoms with van der Waals surface area (Å²) < 4.78 is 0. The molecule has 0 saturated heterocycles. The highest BCUT2D eigenvalue weighted by molar-refractivity contribution is 5.73. The number of urea groups is 1. The van der Waals surface area contributed by atoms with E-state index in [0.29, 0.717) is 18.4 Å².